The maximum atomic E-state index is 13.4. The van der Waals surface area contributed by atoms with Crippen LogP contribution in [0.3, 0.4) is 0 Å². The Hall–Kier alpha value is -3.36. The SMILES string of the molecule is CNC(=O)N[C@H]1CCOc2c(C(=O)Nc3ccc(F)c(F)c3)cc(N)cc21. The van der Waals surface area contributed by atoms with Gasteiger partial charge in [0.15, 0.2) is 11.6 Å². The van der Waals surface area contributed by atoms with E-state index in [1.54, 1.807) is 6.07 Å². The molecular formula is C18H18F2N4O3. The predicted octanol–water partition coefficient (Wildman–Crippen LogP) is 2.55. The number of nitrogens with one attached hydrogen (secondary N) is 3. The van der Waals surface area contributed by atoms with Gasteiger partial charge in [-0.3, -0.25) is 4.79 Å². The molecule has 2 aromatic carbocycles. The smallest absolute Gasteiger partial charge is 0.315 e. The lowest BCUT2D eigenvalue weighted by atomic mass is 9.96. The molecule has 0 unspecified atom stereocenters. The van der Waals surface area contributed by atoms with Gasteiger partial charge >= 0.3 is 6.03 Å². The molecule has 142 valence electrons. The summed E-state index contributed by atoms with van der Waals surface area (Å²) in [5, 5.41) is 7.73. The number of carbonyl (C=O) groups excluding carboxylic acids is 2. The summed E-state index contributed by atoms with van der Waals surface area (Å²) in [5.41, 5.74) is 7.01. The van der Waals surface area contributed by atoms with Crippen LogP contribution in [0.4, 0.5) is 25.0 Å². The summed E-state index contributed by atoms with van der Waals surface area (Å²) in [4.78, 5) is 24.3. The van der Waals surface area contributed by atoms with Crippen LogP contribution in [-0.4, -0.2) is 25.6 Å². The van der Waals surface area contributed by atoms with Gasteiger partial charge in [0.1, 0.15) is 5.75 Å². The van der Waals surface area contributed by atoms with Gasteiger partial charge in [-0.25, -0.2) is 13.6 Å². The highest BCUT2D eigenvalue weighted by atomic mass is 19.2. The number of ether oxygens (including phenoxy) is 1. The van der Waals surface area contributed by atoms with Crippen molar-refractivity contribution in [1.29, 1.82) is 0 Å². The number of amides is 3. The zero-order valence-corrected chi connectivity index (χ0v) is 14.4. The Bertz CT molecular complexity index is 904. The predicted molar refractivity (Wildman–Crippen MR) is 95.6 cm³/mol. The zero-order valence-electron chi connectivity index (χ0n) is 14.4. The lowest BCUT2D eigenvalue weighted by Crippen LogP contribution is -2.38. The molecule has 1 heterocycles. The highest BCUT2D eigenvalue weighted by Crippen LogP contribution is 2.37. The van der Waals surface area contributed by atoms with Crippen LogP contribution < -0.4 is 26.4 Å². The fourth-order valence-corrected chi connectivity index (χ4v) is 2.85. The molecule has 7 nitrogen and oxygen atoms in total. The number of urea groups is 1. The maximum absolute atomic E-state index is 13.4. The Morgan fingerprint density at radius 3 is 2.67 bits per heavy atom. The van der Waals surface area contributed by atoms with Crippen molar-refractivity contribution in [2.45, 2.75) is 12.5 Å². The van der Waals surface area contributed by atoms with Gasteiger partial charge in [0, 0.05) is 36.5 Å². The number of fused-ring (bicyclic) bond motifs is 1. The molecule has 5 N–H and O–H groups in total. The third kappa shape index (κ3) is 3.91. The standard InChI is InChI=1S/C18H18F2N4O3/c1-22-18(26)24-15-4-5-27-16-11(15)6-9(21)7-12(16)17(25)23-10-2-3-13(19)14(20)8-10/h2-3,6-8,15H,4-5,21H2,1H3,(H,23,25)(H2,22,24,26)/t15-/m0/s1. The number of hydrogen-bond acceptors (Lipinski definition) is 4. The van der Waals surface area contributed by atoms with E-state index in [9.17, 15) is 18.4 Å². The quantitative estimate of drug-likeness (QED) is 0.618. The summed E-state index contributed by atoms with van der Waals surface area (Å²) in [7, 11) is 1.50. The molecule has 27 heavy (non-hydrogen) atoms. The summed E-state index contributed by atoms with van der Waals surface area (Å²) in [6.07, 6.45) is 0.508. The Kier molecular flexibility index (Phi) is 5.11. The number of nitrogens with two attached hydrogens (primary N) is 1. The second-order valence-corrected chi connectivity index (χ2v) is 5.98. The van der Waals surface area contributed by atoms with Crippen LogP contribution in [0.5, 0.6) is 5.75 Å². The Balaban J connectivity index is 1.92. The molecule has 0 aliphatic carbocycles. The number of rotatable bonds is 3. The maximum Gasteiger partial charge on any atom is 0.315 e. The van der Waals surface area contributed by atoms with Crippen LogP contribution in [0.15, 0.2) is 30.3 Å². The lowest BCUT2D eigenvalue weighted by Gasteiger charge is -2.28. The fourth-order valence-electron chi connectivity index (χ4n) is 2.85. The minimum Gasteiger partial charge on any atom is -0.492 e. The summed E-state index contributed by atoms with van der Waals surface area (Å²) < 4.78 is 32.0. The third-order valence-electron chi connectivity index (χ3n) is 4.12. The topological polar surface area (TPSA) is 105 Å². The Morgan fingerprint density at radius 2 is 1.96 bits per heavy atom. The molecule has 2 aromatic rings. The van der Waals surface area contributed by atoms with Gasteiger partial charge in [0.25, 0.3) is 5.91 Å². The van der Waals surface area contributed by atoms with Crippen molar-refractivity contribution in [2.24, 2.45) is 0 Å². The second kappa shape index (κ2) is 7.48. The molecule has 3 amide bonds. The minimum absolute atomic E-state index is 0.0888. The molecule has 0 radical (unpaired) electrons. The van der Waals surface area contributed by atoms with E-state index >= 15 is 0 Å². The van der Waals surface area contributed by atoms with Gasteiger partial charge < -0.3 is 26.4 Å². The first kappa shape index (κ1) is 18.4. The van der Waals surface area contributed by atoms with Crippen LogP contribution in [0.2, 0.25) is 0 Å². The molecular weight excluding hydrogens is 358 g/mol. The number of carbonyl (C=O) groups is 2. The highest BCUT2D eigenvalue weighted by Gasteiger charge is 2.28. The normalized spacial score (nSPS) is 15.3. The third-order valence-corrected chi connectivity index (χ3v) is 4.12. The van der Waals surface area contributed by atoms with E-state index in [1.807, 2.05) is 0 Å². The molecule has 0 bridgehead atoms. The van der Waals surface area contributed by atoms with Gasteiger partial charge in [0.2, 0.25) is 0 Å². The van der Waals surface area contributed by atoms with Gasteiger partial charge in [-0.2, -0.15) is 0 Å². The van der Waals surface area contributed by atoms with Gasteiger partial charge in [0.05, 0.1) is 18.2 Å². The van der Waals surface area contributed by atoms with Crippen molar-refractivity contribution >= 4 is 23.3 Å². The molecule has 0 fully saturated rings. The van der Waals surface area contributed by atoms with E-state index in [1.165, 1.54) is 19.2 Å². The molecule has 0 saturated heterocycles. The minimum atomic E-state index is -1.08. The summed E-state index contributed by atoms with van der Waals surface area (Å²) in [5.74, 6) is -2.39. The molecule has 9 heteroatoms. The second-order valence-electron chi connectivity index (χ2n) is 5.98. The molecule has 0 saturated carbocycles. The Morgan fingerprint density at radius 1 is 1.19 bits per heavy atom. The van der Waals surface area contributed by atoms with E-state index in [0.29, 0.717) is 17.7 Å². The van der Waals surface area contributed by atoms with Crippen molar-refractivity contribution in [1.82, 2.24) is 10.6 Å². The van der Waals surface area contributed by atoms with E-state index in [2.05, 4.69) is 16.0 Å². The van der Waals surface area contributed by atoms with Crippen LogP contribution in [0.25, 0.3) is 0 Å². The van der Waals surface area contributed by atoms with Crippen LogP contribution in [0.1, 0.15) is 28.4 Å². The summed E-state index contributed by atoms with van der Waals surface area (Å²) in [6.45, 7) is 0.289. The van der Waals surface area contributed by atoms with Crippen molar-refractivity contribution in [3.8, 4) is 5.75 Å². The largest absolute Gasteiger partial charge is 0.492 e. The van der Waals surface area contributed by atoms with Crippen LogP contribution >= 0.6 is 0 Å². The molecule has 1 aliphatic heterocycles. The fraction of sp³-hybridized carbons (Fsp3) is 0.222. The summed E-state index contributed by atoms with van der Waals surface area (Å²) >= 11 is 0. The summed E-state index contributed by atoms with van der Waals surface area (Å²) in [6, 6.07) is 5.34. The van der Waals surface area contributed by atoms with Crippen molar-refractivity contribution < 1.29 is 23.1 Å². The van der Waals surface area contributed by atoms with Gasteiger partial charge in [-0.05, 0) is 24.3 Å². The first-order valence-corrected chi connectivity index (χ1v) is 8.20. The molecule has 1 atom stereocenters. The van der Waals surface area contributed by atoms with E-state index < -0.39 is 17.5 Å². The number of nitrogen functional groups attached to an aromatic ring is 1. The van der Waals surface area contributed by atoms with E-state index in [4.69, 9.17) is 10.5 Å². The number of anilines is 2. The van der Waals surface area contributed by atoms with Crippen LogP contribution in [-0.2, 0) is 0 Å². The first-order chi connectivity index (χ1) is 12.9. The monoisotopic (exact) mass is 376 g/mol. The zero-order chi connectivity index (χ0) is 19.6. The van der Waals surface area contributed by atoms with E-state index in [0.717, 1.165) is 12.1 Å². The number of halogens is 2. The lowest BCUT2D eigenvalue weighted by molar-refractivity contribution is 0.102. The van der Waals surface area contributed by atoms with Gasteiger partial charge in [-0.1, -0.05) is 0 Å². The average molecular weight is 376 g/mol. The van der Waals surface area contributed by atoms with Crippen LogP contribution in [0, 0.1) is 11.6 Å². The molecule has 3 rings (SSSR count). The molecule has 0 aromatic heterocycles. The number of hydrogen-bond donors (Lipinski definition) is 4. The van der Waals surface area contributed by atoms with Crippen molar-refractivity contribution in [3.05, 3.63) is 53.1 Å². The molecule has 0 spiro atoms. The number of benzene rings is 2. The van der Waals surface area contributed by atoms with Gasteiger partial charge in [-0.15, -0.1) is 0 Å². The Labute approximate surface area is 153 Å². The highest BCUT2D eigenvalue weighted by molar-refractivity contribution is 6.07. The average Bonchev–Trinajstić information content (AvgIpc) is 2.64. The van der Waals surface area contributed by atoms with Crippen molar-refractivity contribution in [2.75, 3.05) is 24.7 Å². The molecule has 1 aliphatic rings. The van der Waals surface area contributed by atoms with Crippen molar-refractivity contribution in [3.63, 3.8) is 0 Å². The first-order valence-electron chi connectivity index (χ1n) is 8.20. The van der Waals surface area contributed by atoms with E-state index in [-0.39, 0.29) is 35.7 Å².